The first-order chi connectivity index (χ1) is 10.2. The lowest BCUT2D eigenvalue weighted by atomic mass is 9.82. The monoisotopic (exact) mass is 353 g/mol. The van der Waals surface area contributed by atoms with Crippen LogP contribution < -0.4 is 11.3 Å². The van der Waals surface area contributed by atoms with Crippen molar-refractivity contribution in [2.24, 2.45) is 5.84 Å². The van der Waals surface area contributed by atoms with Crippen LogP contribution in [-0.4, -0.2) is 29.6 Å². The summed E-state index contributed by atoms with van der Waals surface area (Å²) in [5.41, 5.74) is 4.70. The van der Waals surface area contributed by atoms with Crippen molar-refractivity contribution in [3.63, 3.8) is 0 Å². The standard InChI is InChI=1S/C17H28BrN3/c1-3-21(4-2)17(11-5-6-12-17)16(20-19)13-14-7-9-15(18)10-8-14/h7-10,16,20H,3-6,11-13,19H2,1-2H3. The van der Waals surface area contributed by atoms with Crippen molar-refractivity contribution in [1.82, 2.24) is 10.3 Å². The Labute approximate surface area is 137 Å². The molecule has 0 heterocycles. The molecule has 0 spiro atoms. The molecular weight excluding hydrogens is 326 g/mol. The van der Waals surface area contributed by atoms with Gasteiger partial charge in [-0.25, -0.2) is 0 Å². The molecule has 4 heteroatoms. The van der Waals surface area contributed by atoms with Gasteiger partial charge in [0.1, 0.15) is 0 Å². The minimum absolute atomic E-state index is 0.214. The third kappa shape index (κ3) is 3.67. The number of rotatable bonds is 7. The fraction of sp³-hybridized carbons (Fsp3) is 0.647. The Hall–Kier alpha value is -0.420. The molecule has 0 bridgehead atoms. The van der Waals surface area contributed by atoms with Crippen molar-refractivity contribution in [1.29, 1.82) is 0 Å². The van der Waals surface area contributed by atoms with Gasteiger partial charge in [0.2, 0.25) is 0 Å². The number of nitrogens with zero attached hydrogens (tertiary/aromatic N) is 1. The molecular formula is C17H28BrN3. The number of hydrazine groups is 1. The van der Waals surface area contributed by atoms with Crippen molar-refractivity contribution in [2.75, 3.05) is 13.1 Å². The summed E-state index contributed by atoms with van der Waals surface area (Å²) in [5, 5.41) is 0. The number of nitrogens with two attached hydrogens (primary N) is 1. The second-order valence-electron chi connectivity index (χ2n) is 6.03. The van der Waals surface area contributed by atoms with E-state index >= 15 is 0 Å². The fourth-order valence-electron chi connectivity index (χ4n) is 3.99. The van der Waals surface area contributed by atoms with Gasteiger partial charge in [0.25, 0.3) is 0 Å². The highest BCUT2D eigenvalue weighted by atomic mass is 79.9. The van der Waals surface area contributed by atoms with Gasteiger partial charge in [0.15, 0.2) is 0 Å². The molecule has 0 saturated heterocycles. The van der Waals surface area contributed by atoms with Crippen LogP contribution in [0.5, 0.6) is 0 Å². The highest BCUT2D eigenvalue weighted by molar-refractivity contribution is 9.10. The smallest absolute Gasteiger partial charge is 0.0435 e. The van der Waals surface area contributed by atoms with Gasteiger partial charge in [-0.2, -0.15) is 0 Å². The summed E-state index contributed by atoms with van der Waals surface area (Å²) in [6.45, 7) is 6.71. The van der Waals surface area contributed by atoms with E-state index in [1.54, 1.807) is 0 Å². The molecule has 0 aliphatic heterocycles. The molecule has 3 nitrogen and oxygen atoms in total. The average molecular weight is 354 g/mol. The Morgan fingerprint density at radius 1 is 1.19 bits per heavy atom. The van der Waals surface area contributed by atoms with Crippen molar-refractivity contribution < 1.29 is 0 Å². The normalized spacial score (nSPS) is 19.1. The van der Waals surface area contributed by atoms with Crippen molar-refractivity contribution in [3.05, 3.63) is 34.3 Å². The maximum atomic E-state index is 5.98. The largest absolute Gasteiger partial charge is 0.297 e. The van der Waals surface area contributed by atoms with E-state index in [9.17, 15) is 0 Å². The number of halogens is 1. The second kappa shape index (κ2) is 7.73. The molecule has 1 saturated carbocycles. The lowest BCUT2D eigenvalue weighted by Gasteiger charge is -2.46. The summed E-state index contributed by atoms with van der Waals surface area (Å²) in [6.07, 6.45) is 6.12. The summed E-state index contributed by atoms with van der Waals surface area (Å²) in [7, 11) is 0. The van der Waals surface area contributed by atoms with Crippen LogP contribution in [-0.2, 0) is 6.42 Å². The first-order valence-electron chi connectivity index (χ1n) is 8.12. The topological polar surface area (TPSA) is 41.3 Å². The number of nitrogens with one attached hydrogen (secondary N) is 1. The maximum Gasteiger partial charge on any atom is 0.0435 e. The quantitative estimate of drug-likeness (QED) is 0.582. The van der Waals surface area contributed by atoms with E-state index in [1.807, 2.05) is 0 Å². The molecule has 2 rings (SSSR count). The molecule has 21 heavy (non-hydrogen) atoms. The lowest BCUT2D eigenvalue weighted by molar-refractivity contribution is 0.0630. The van der Waals surface area contributed by atoms with Crippen LogP contribution in [0.4, 0.5) is 0 Å². The Balaban J connectivity index is 2.21. The van der Waals surface area contributed by atoms with E-state index < -0.39 is 0 Å². The van der Waals surface area contributed by atoms with Crippen molar-refractivity contribution in [3.8, 4) is 0 Å². The minimum Gasteiger partial charge on any atom is -0.297 e. The highest BCUT2D eigenvalue weighted by Gasteiger charge is 2.44. The van der Waals surface area contributed by atoms with E-state index in [0.29, 0.717) is 6.04 Å². The van der Waals surface area contributed by atoms with Gasteiger partial charge < -0.3 is 0 Å². The molecule has 0 radical (unpaired) electrons. The van der Waals surface area contributed by atoms with Gasteiger partial charge in [-0.1, -0.05) is 54.8 Å². The average Bonchev–Trinajstić information content (AvgIpc) is 2.98. The van der Waals surface area contributed by atoms with Gasteiger partial charge >= 0.3 is 0 Å². The van der Waals surface area contributed by atoms with Gasteiger partial charge in [-0.05, 0) is 50.0 Å². The Morgan fingerprint density at radius 3 is 2.24 bits per heavy atom. The molecule has 1 atom stereocenters. The maximum absolute atomic E-state index is 5.98. The van der Waals surface area contributed by atoms with Crippen LogP contribution in [0.2, 0.25) is 0 Å². The predicted molar refractivity (Wildman–Crippen MR) is 93.1 cm³/mol. The van der Waals surface area contributed by atoms with Crippen LogP contribution >= 0.6 is 15.9 Å². The van der Waals surface area contributed by atoms with Crippen LogP contribution in [0.25, 0.3) is 0 Å². The van der Waals surface area contributed by atoms with Crippen molar-refractivity contribution in [2.45, 2.75) is 57.5 Å². The van der Waals surface area contributed by atoms with E-state index in [-0.39, 0.29) is 5.54 Å². The third-order valence-electron chi connectivity index (χ3n) is 5.07. The molecule has 1 fully saturated rings. The van der Waals surface area contributed by atoms with E-state index in [1.165, 1.54) is 31.2 Å². The number of hydrogen-bond acceptors (Lipinski definition) is 3. The third-order valence-corrected chi connectivity index (χ3v) is 5.59. The van der Waals surface area contributed by atoms with E-state index in [4.69, 9.17) is 5.84 Å². The molecule has 1 aliphatic carbocycles. The van der Waals surface area contributed by atoms with Crippen LogP contribution in [0.1, 0.15) is 45.1 Å². The molecule has 1 aliphatic rings. The van der Waals surface area contributed by atoms with Gasteiger partial charge in [0.05, 0.1) is 0 Å². The van der Waals surface area contributed by atoms with Crippen LogP contribution in [0.15, 0.2) is 28.7 Å². The fourth-order valence-corrected chi connectivity index (χ4v) is 4.25. The SMILES string of the molecule is CCN(CC)C1(C(Cc2ccc(Br)cc2)NN)CCCC1. The minimum atomic E-state index is 0.214. The molecule has 1 aromatic rings. The van der Waals surface area contributed by atoms with Gasteiger partial charge in [-0.15, -0.1) is 0 Å². The first kappa shape index (κ1) is 16.9. The Morgan fingerprint density at radius 2 is 1.76 bits per heavy atom. The zero-order valence-electron chi connectivity index (χ0n) is 13.2. The molecule has 118 valence electrons. The zero-order valence-corrected chi connectivity index (χ0v) is 14.8. The number of likely N-dealkylation sites (N-methyl/N-ethyl adjacent to an activating group) is 1. The molecule has 0 amide bonds. The summed E-state index contributed by atoms with van der Waals surface area (Å²) in [6, 6.07) is 8.92. The summed E-state index contributed by atoms with van der Waals surface area (Å²) >= 11 is 3.50. The predicted octanol–water partition coefficient (Wildman–Crippen LogP) is 3.48. The first-order valence-corrected chi connectivity index (χ1v) is 8.91. The van der Waals surface area contributed by atoms with Crippen molar-refractivity contribution >= 4 is 15.9 Å². The van der Waals surface area contributed by atoms with Crippen LogP contribution in [0.3, 0.4) is 0 Å². The van der Waals surface area contributed by atoms with E-state index in [2.05, 4.69) is 64.4 Å². The molecule has 3 N–H and O–H groups in total. The second-order valence-corrected chi connectivity index (χ2v) is 6.95. The zero-order chi connectivity index (χ0) is 15.3. The Bertz CT molecular complexity index is 422. The molecule has 1 unspecified atom stereocenters. The summed E-state index contributed by atoms with van der Waals surface area (Å²) in [4.78, 5) is 2.61. The highest BCUT2D eigenvalue weighted by Crippen LogP contribution is 2.39. The van der Waals surface area contributed by atoms with E-state index in [0.717, 1.165) is 24.0 Å². The van der Waals surface area contributed by atoms with Gasteiger partial charge in [0, 0.05) is 16.1 Å². The summed E-state index contributed by atoms with van der Waals surface area (Å²) in [5.74, 6) is 5.98. The molecule has 0 aromatic heterocycles. The number of hydrogen-bond donors (Lipinski definition) is 2. The van der Waals surface area contributed by atoms with Gasteiger partial charge in [-0.3, -0.25) is 16.2 Å². The van der Waals surface area contributed by atoms with Crippen LogP contribution in [0, 0.1) is 0 Å². The molecule has 1 aromatic carbocycles. The Kier molecular flexibility index (Phi) is 6.23. The lowest BCUT2D eigenvalue weighted by Crippen LogP contribution is -2.62. The summed E-state index contributed by atoms with van der Waals surface area (Å²) < 4.78 is 1.13. The number of benzene rings is 1.